The van der Waals surface area contributed by atoms with Gasteiger partial charge < -0.3 is 4.90 Å². The smallest absolute Gasteiger partial charge is 0.324 e. The molecule has 0 aromatic carbocycles. The molecule has 80 valence electrons. The number of imide groups is 1. The van der Waals surface area contributed by atoms with E-state index in [9.17, 15) is 18.4 Å². The van der Waals surface area contributed by atoms with Gasteiger partial charge in [-0.2, -0.15) is 0 Å². The summed E-state index contributed by atoms with van der Waals surface area (Å²) in [7, 11) is 0. The fourth-order valence-corrected chi connectivity index (χ4v) is 1.14. The number of hydrogen-bond acceptors (Lipinski definition) is 2. The largest absolute Gasteiger partial charge is 0.324 e. The molecule has 1 saturated heterocycles. The second kappa shape index (κ2) is 3.89. The van der Waals surface area contributed by atoms with Crippen LogP contribution in [0.25, 0.3) is 0 Å². The quantitative estimate of drug-likeness (QED) is 0.748. The Morgan fingerprint density at radius 1 is 1.50 bits per heavy atom. The van der Waals surface area contributed by atoms with Crippen molar-refractivity contribution in [1.29, 1.82) is 0 Å². The number of amides is 3. The van der Waals surface area contributed by atoms with Crippen LogP contribution in [0.5, 0.6) is 0 Å². The molecule has 0 bridgehead atoms. The summed E-state index contributed by atoms with van der Waals surface area (Å²) in [6.45, 7) is 1.00. The molecule has 1 aliphatic heterocycles. The molecule has 3 amide bonds. The summed E-state index contributed by atoms with van der Waals surface area (Å²) in [4.78, 5) is 23.0. The minimum atomic E-state index is -2.78. The summed E-state index contributed by atoms with van der Waals surface area (Å²) in [5, 5.41) is 2.07. The van der Waals surface area contributed by atoms with Gasteiger partial charge in [-0.05, 0) is 6.92 Å². The highest BCUT2D eigenvalue weighted by molar-refractivity contribution is 5.96. The van der Waals surface area contributed by atoms with Crippen LogP contribution in [0.3, 0.4) is 0 Å². The average Bonchev–Trinajstić information content (AvgIpc) is 2.00. The Balaban J connectivity index is 2.39. The monoisotopic (exact) mass is 206 g/mol. The number of nitrogens with zero attached hydrogens (tertiary/aromatic N) is 1. The van der Waals surface area contributed by atoms with Crippen molar-refractivity contribution in [2.45, 2.75) is 25.7 Å². The van der Waals surface area contributed by atoms with Crippen molar-refractivity contribution in [3.8, 4) is 0 Å². The Morgan fingerprint density at radius 3 is 2.64 bits per heavy atom. The molecule has 6 heteroatoms. The van der Waals surface area contributed by atoms with Gasteiger partial charge in [-0.3, -0.25) is 10.1 Å². The molecule has 0 aromatic heterocycles. The number of rotatable bonds is 3. The van der Waals surface area contributed by atoms with Gasteiger partial charge in [0, 0.05) is 25.9 Å². The van der Waals surface area contributed by atoms with E-state index in [0.29, 0.717) is 0 Å². The maximum absolute atomic E-state index is 12.5. The number of urea groups is 1. The van der Waals surface area contributed by atoms with Gasteiger partial charge in [-0.25, -0.2) is 13.6 Å². The SMILES string of the molecule is CC(F)(F)CCN1CCC(=O)NC1=O. The third-order valence-corrected chi connectivity index (χ3v) is 1.96. The van der Waals surface area contributed by atoms with Crippen LogP contribution in [0, 0.1) is 0 Å². The molecule has 1 fully saturated rings. The zero-order valence-corrected chi connectivity index (χ0v) is 7.85. The molecule has 14 heavy (non-hydrogen) atoms. The third-order valence-electron chi connectivity index (χ3n) is 1.96. The normalized spacial score (nSPS) is 18.4. The van der Waals surface area contributed by atoms with Gasteiger partial charge in [0.2, 0.25) is 11.8 Å². The maximum Gasteiger partial charge on any atom is 0.324 e. The third kappa shape index (κ3) is 3.27. The van der Waals surface area contributed by atoms with Crippen LogP contribution in [0.4, 0.5) is 13.6 Å². The van der Waals surface area contributed by atoms with E-state index >= 15 is 0 Å². The molecule has 0 aromatic rings. The average molecular weight is 206 g/mol. The van der Waals surface area contributed by atoms with E-state index in [1.54, 1.807) is 0 Å². The standard InChI is InChI=1S/C8H12F2N2O2/c1-8(9,10)3-5-12-4-2-6(13)11-7(12)14/h2-5H2,1H3,(H,11,13,14). The molecule has 0 radical (unpaired) electrons. The van der Waals surface area contributed by atoms with Gasteiger partial charge >= 0.3 is 6.03 Å². The van der Waals surface area contributed by atoms with Crippen molar-refractivity contribution in [2.24, 2.45) is 0 Å². The van der Waals surface area contributed by atoms with Crippen molar-refractivity contribution in [1.82, 2.24) is 10.2 Å². The molecule has 0 spiro atoms. The summed E-state index contributed by atoms with van der Waals surface area (Å²) < 4.78 is 24.9. The Hall–Kier alpha value is -1.20. The first-order chi connectivity index (χ1) is 6.38. The molecule has 0 unspecified atom stereocenters. The van der Waals surface area contributed by atoms with Crippen LogP contribution in [-0.2, 0) is 4.79 Å². The number of alkyl halides is 2. The fraction of sp³-hybridized carbons (Fsp3) is 0.750. The minimum Gasteiger partial charge on any atom is -0.324 e. The van der Waals surface area contributed by atoms with E-state index in [1.165, 1.54) is 4.90 Å². The van der Waals surface area contributed by atoms with Crippen molar-refractivity contribution in [3.63, 3.8) is 0 Å². The van der Waals surface area contributed by atoms with E-state index in [1.807, 2.05) is 0 Å². The molecule has 1 aliphatic rings. The lowest BCUT2D eigenvalue weighted by molar-refractivity contribution is -0.121. The zero-order chi connectivity index (χ0) is 10.8. The van der Waals surface area contributed by atoms with E-state index in [4.69, 9.17) is 0 Å². The van der Waals surface area contributed by atoms with Crippen LogP contribution < -0.4 is 5.32 Å². The summed E-state index contributed by atoms with van der Waals surface area (Å²) in [6.07, 6.45) is -0.199. The lowest BCUT2D eigenvalue weighted by Crippen LogP contribution is -2.50. The Bertz CT molecular complexity index is 250. The Labute approximate surface area is 80.3 Å². The summed E-state index contributed by atoms with van der Waals surface area (Å²) in [5.41, 5.74) is 0. The van der Waals surface area contributed by atoms with Gasteiger partial charge in [0.15, 0.2) is 0 Å². The van der Waals surface area contributed by atoms with Crippen molar-refractivity contribution >= 4 is 11.9 Å². The molecule has 1 heterocycles. The van der Waals surface area contributed by atoms with E-state index < -0.39 is 12.0 Å². The lowest BCUT2D eigenvalue weighted by Gasteiger charge is -2.27. The second-order valence-corrected chi connectivity index (χ2v) is 3.41. The van der Waals surface area contributed by atoms with Crippen molar-refractivity contribution in [3.05, 3.63) is 0 Å². The summed E-state index contributed by atoms with van der Waals surface area (Å²) in [6, 6.07) is -0.578. The highest BCUT2D eigenvalue weighted by Gasteiger charge is 2.27. The predicted molar refractivity (Wildman–Crippen MR) is 45.0 cm³/mol. The van der Waals surface area contributed by atoms with E-state index in [0.717, 1.165) is 6.92 Å². The Morgan fingerprint density at radius 2 is 2.14 bits per heavy atom. The fourth-order valence-electron chi connectivity index (χ4n) is 1.14. The molecule has 0 atom stereocenters. The van der Waals surface area contributed by atoms with Crippen LogP contribution in [0.1, 0.15) is 19.8 Å². The van der Waals surface area contributed by atoms with E-state index in [-0.39, 0.29) is 31.8 Å². The summed E-state index contributed by atoms with van der Waals surface area (Å²) in [5.74, 6) is -3.13. The molecule has 1 N–H and O–H groups in total. The molecule has 1 rings (SSSR count). The maximum atomic E-state index is 12.5. The highest BCUT2D eigenvalue weighted by atomic mass is 19.3. The van der Waals surface area contributed by atoms with Crippen LogP contribution in [0.2, 0.25) is 0 Å². The second-order valence-electron chi connectivity index (χ2n) is 3.41. The van der Waals surface area contributed by atoms with Gasteiger partial charge in [0.25, 0.3) is 0 Å². The van der Waals surface area contributed by atoms with Gasteiger partial charge in [-0.15, -0.1) is 0 Å². The van der Waals surface area contributed by atoms with Crippen molar-refractivity contribution in [2.75, 3.05) is 13.1 Å². The predicted octanol–water partition coefficient (Wildman–Crippen LogP) is 0.974. The lowest BCUT2D eigenvalue weighted by atomic mass is 10.2. The van der Waals surface area contributed by atoms with Crippen molar-refractivity contribution < 1.29 is 18.4 Å². The number of carbonyl (C=O) groups is 2. The number of halogens is 2. The molecular formula is C8H12F2N2O2. The first kappa shape index (κ1) is 10.9. The zero-order valence-electron chi connectivity index (χ0n) is 7.85. The van der Waals surface area contributed by atoms with E-state index in [2.05, 4.69) is 5.32 Å². The van der Waals surface area contributed by atoms with Crippen LogP contribution >= 0.6 is 0 Å². The number of nitrogens with one attached hydrogen (secondary N) is 1. The Kier molecular flexibility index (Phi) is 3.03. The summed E-state index contributed by atoms with van der Waals surface area (Å²) >= 11 is 0. The molecule has 0 saturated carbocycles. The van der Waals surface area contributed by atoms with Gasteiger partial charge in [0.05, 0.1) is 0 Å². The molecule has 0 aliphatic carbocycles. The topological polar surface area (TPSA) is 49.4 Å². The van der Waals surface area contributed by atoms with Gasteiger partial charge in [0.1, 0.15) is 0 Å². The number of hydrogen-bond donors (Lipinski definition) is 1. The first-order valence-corrected chi connectivity index (χ1v) is 4.35. The first-order valence-electron chi connectivity index (χ1n) is 4.35. The number of carbonyl (C=O) groups excluding carboxylic acids is 2. The van der Waals surface area contributed by atoms with Crippen LogP contribution in [0.15, 0.2) is 0 Å². The highest BCUT2D eigenvalue weighted by Crippen LogP contribution is 2.17. The molecular weight excluding hydrogens is 194 g/mol. The van der Waals surface area contributed by atoms with Crippen LogP contribution in [-0.4, -0.2) is 35.9 Å². The minimum absolute atomic E-state index is 0.0252. The molecule has 4 nitrogen and oxygen atoms in total. The van der Waals surface area contributed by atoms with Gasteiger partial charge in [-0.1, -0.05) is 0 Å².